The molecule has 1 heterocycles. The van der Waals surface area contributed by atoms with E-state index in [9.17, 15) is 0 Å². The molecule has 1 aliphatic carbocycles. The van der Waals surface area contributed by atoms with E-state index in [4.69, 9.17) is 4.74 Å². The lowest BCUT2D eigenvalue weighted by molar-refractivity contribution is 0.219. The Labute approximate surface area is 114 Å². The van der Waals surface area contributed by atoms with Crippen LogP contribution in [0.25, 0.3) is 10.9 Å². The third kappa shape index (κ3) is 3.04. The molecule has 1 saturated carbocycles. The van der Waals surface area contributed by atoms with E-state index >= 15 is 0 Å². The molecule has 100 valence electrons. The Kier molecular flexibility index (Phi) is 3.38. The van der Waals surface area contributed by atoms with Gasteiger partial charge in [-0.05, 0) is 38.8 Å². The Balaban J connectivity index is 1.77. The van der Waals surface area contributed by atoms with Crippen molar-refractivity contribution in [3.8, 4) is 5.75 Å². The quantitative estimate of drug-likeness (QED) is 0.892. The molecule has 3 rings (SSSR count). The van der Waals surface area contributed by atoms with Crippen molar-refractivity contribution in [2.75, 3.05) is 6.54 Å². The van der Waals surface area contributed by atoms with Gasteiger partial charge in [-0.25, -0.2) is 4.98 Å². The lowest BCUT2D eigenvalue weighted by Crippen LogP contribution is -2.30. The zero-order valence-corrected chi connectivity index (χ0v) is 11.5. The van der Waals surface area contributed by atoms with Crippen molar-refractivity contribution < 1.29 is 4.74 Å². The molecule has 1 unspecified atom stereocenters. The van der Waals surface area contributed by atoms with Gasteiger partial charge in [0.15, 0.2) is 0 Å². The topological polar surface area (TPSA) is 34.1 Å². The summed E-state index contributed by atoms with van der Waals surface area (Å²) in [6.07, 6.45) is 2.78. The number of nitrogens with zero attached hydrogens (tertiary/aromatic N) is 1. The first-order valence-electron chi connectivity index (χ1n) is 6.99. The van der Waals surface area contributed by atoms with E-state index in [2.05, 4.69) is 29.4 Å². The lowest BCUT2D eigenvalue weighted by Gasteiger charge is -2.16. The number of rotatable bonds is 5. The van der Waals surface area contributed by atoms with Crippen molar-refractivity contribution >= 4 is 10.9 Å². The van der Waals surface area contributed by atoms with E-state index in [1.165, 1.54) is 12.8 Å². The highest BCUT2D eigenvalue weighted by atomic mass is 16.5. The number of nitrogens with one attached hydrogen (secondary N) is 1. The van der Waals surface area contributed by atoms with E-state index in [1.54, 1.807) is 0 Å². The fourth-order valence-corrected chi connectivity index (χ4v) is 2.19. The summed E-state index contributed by atoms with van der Waals surface area (Å²) >= 11 is 0. The number of pyridine rings is 1. The molecule has 1 fully saturated rings. The van der Waals surface area contributed by atoms with Crippen molar-refractivity contribution in [2.24, 2.45) is 0 Å². The second-order valence-electron chi connectivity index (χ2n) is 5.39. The standard InChI is InChI=1S/C16H20N2O/c1-11-6-7-13-4-3-5-15(16(13)18-11)19-12(2)10-17-14-8-9-14/h3-7,12,14,17H,8-10H2,1-2H3. The van der Waals surface area contributed by atoms with Gasteiger partial charge < -0.3 is 10.1 Å². The van der Waals surface area contributed by atoms with Crippen molar-refractivity contribution in [3.05, 3.63) is 36.0 Å². The van der Waals surface area contributed by atoms with Crippen LogP contribution in [0.15, 0.2) is 30.3 Å². The average molecular weight is 256 g/mol. The number of hydrogen-bond acceptors (Lipinski definition) is 3. The summed E-state index contributed by atoms with van der Waals surface area (Å²) < 4.78 is 6.04. The molecule has 0 saturated heterocycles. The summed E-state index contributed by atoms with van der Waals surface area (Å²) in [6.45, 7) is 5.01. The van der Waals surface area contributed by atoms with Crippen molar-refractivity contribution in [2.45, 2.75) is 38.8 Å². The van der Waals surface area contributed by atoms with E-state index in [0.29, 0.717) is 0 Å². The minimum atomic E-state index is 0.161. The van der Waals surface area contributed by atoms with E-state index < -0.39 is 0 Å². The van der Waals surface area contributed by atoms with Gasteiger partial charge in [-0.15, -0.1) is 0 Å². The van der Waals surface area contributed by atoms with E-state index in [-0.39, 0.29) is 6.10 Å². The van der Waals surface area contributed by atoms with Gasteiger partial charge >= 0.3 is 0 Å². The highest BCUT2D eigenvalue weighted by Crippen LogP contribution is 2.25. The van der Waals surface area contributed by atoms with Crippen LogP contribution in [0.2, 0.25) is 0 Å². The first kappa shape index (κ1) is 12.4. The summed E-state index contributed by atoms with van der Waals surface area (Å²) in [5, 5.41) is 4.62. The molecule has 1 atom stereocenters. The summed E-state index contributed by atoms with van der Waals surface area (Å²) in [7, 11) is 0. The van der Waals surface area contributed by atoms with Gasteiger partial charge in [-0.2, -0.15) is 0 Å². The molecule has 2 aromatic rings. The van der Waals surface area contributed by atoms with Crippen LogP contribution in [0.4, 0.5) is 0 Å². The SMILES string of the molecule is Cc1ccc2cccc(OC(C)CNC3CC3)c2n1. The Morgan fingerprint density at radius 2 is 2.16 bits per heavy atom. The second kappa shape index (κ2) is 5.17. The minimum absolute atomic E-state index is 0.161. The van der Waals surface area contributed by atoms with E-state index in [0.717, 1.165) is 34.9 Å². The molecule has 1 aromatic carbocycles. The number of fused-ring (bicyclic) bond motifs is 1. The van der Waals surface area contributed by atoms with Crippen LogP contribution >= 0.6 is 0 Å². The van der Waals surface area contributed by atoms with Crippen LogP contribution in [-0.4, -0.2) is 23.7 Å². The van der Waals surface area contributed by atoms with Gasteiger partial charge in [-0.3, -0.25) is 0 Å². The highest BCUT2D eigenvalue weighted by molar-refractivity contribution is 5.84. The molecule has 0 radical (unpaired) electrons. The first-order chi connectivity index (χ1) is 9.22. The van der Waals surface area contributed by atoms with Gasteiger partial charge in [0.2, 0.25) is 0 Å². The third-order valence-electron chi connectivity index (χ3n) is 3.42. The molecule has 0 spiro atoms. The van der Waals surface area contributed by atoms with Gasteiger partial charge in [0, 0.05) is 23.7 Å². The number of ether oxygens (including phenoxy) is 1. The molecule has 19 heavy (non-hydrogen) atoms. The van der Waals surface area contributed by atoms with Crippen LogP contribution in [-0.2, 0) is 0 Å². The molecular formula is C16H20N2O. The van der Waals surface area contributed by atoms with Crippen LogP contribution in [0.3, 0.4) is 0 Å². The van der Waals surface area contributed by atoms with Crippen molar-refractivity contribution in [1.82, 2.24) is 10.3 Å². The maximum atomic E-state index is 6.04. The monoisotopic (exact) mass is 256 g/mol. The zero-order chi connectivity index (χ0) is 13.2. The van der Waals surface area contributed by atoms with Crippen molar-refractivity contribution in [1.29, 1.82) is 0 Å². The Morgan fingerprint density at radius 1 is 1.32 bits per heavy atom. The lowest BCUT2D eigenvalue weighted by atomic mass is 10.2. The number of para-hydroxylation sites is 1. The molecule has 0 aliphatic heterocycles. The number of aromatic nitrogens is 1. The predicted molar refractivity (Wildman–Crippen MR) is 77.6 cm³/mol. The van der Waals surface area contributed by atoms with Crippen LogP contribution < -0.4 is 10.1 Å². The minimum Gasteiger partial charge on any atom is -0.487 e. The highest BCUT2D eigenvalue weighted by Gasteiger charge is 2.21. The third-order valence-corrected chi connectivity index (χ3v) is 3.42. The normalized spacial score (nSPS) is 16.5. The number of hydrogen-bond donors (Lipinski definition) is 1. The summed E-state index contributed by atoms with van der Waals surface area (Å²) in [5.41, 5.74) is 1.98. The fraction of sp³-hybridized carbons (Fsp3) is 0.438. The van der Waals surface area contributed by atoms with Gasteiger partial charge in [0.25, 0.3) is 0 Å². The fourth-order valence-electron chi connectivity index (χ4n) is 2.19. The Bertz CT molecular complexity index is 578. The molecular weight excluding hydrogens is 236 g/mol. The molecule has 1 aliphatic rings. The summed E-state index contributed by atoms with van der Waals surface area (Å²) in [4.78, 5) is 4.59. The predicted octanol–water partition coefficient (Wildman–Crippen LogP) is 3.06. The van der Waals surface area contributed by atoms with E-state index in [1.807, 2.05) is 25.1 Å². The maximum absolute atomic E-state index is 6.04. The maximum Gasteiger partial charge on any atom is 0.146 e. The Hall–Kier alpha value is -1.61. The molecule has 0 amide bonds. The molecule has 3 heteroatoms. The summed E-state index contributed by atoms with van der Waals surface area (Å²) in [5.74, 6) is 0.881. The molecule has 1 aromatic heterocycles. The van der Waals surface area contributed by atoms with Crippen molar-refractivity contribution in [3.63, 3.8) is 0 Å². The first-order valence-corrected chi connectivity index (χ1v) is 6.99. The number of benzene rings is 1. The van der Waals surface area contributed by atoms with Gasteiger partial charge in [0.1, 0.15) is 17.4 Å². The second-order valence-corrected chi connectivity index (χ2v) is 5.39. The largest absolute Gasteiger partial charge is 0.487 e. The molecule has 3 nitrogen and oxygen atoms in total. The summed E-state index contributed by atoms with van der Waals surface area (Å²) in [6, 6.07) is 10.9. The average Bonchev–Trinajstić information content (AvgIpc) is 3.21. The smallest absolute Gasteiger partial charge is 0.146 e. The van der Waals surface area contributed by atoms with Crippen LogP contribution in [0.1, 0.15) is 25.5 Å². The number of aryl methyl sites for hydroxylation is 1. The molecule has 0 bridgehead atoms. The molecule has 1 N–H and O–H groups in total. The zero-order valence-electron chi connectivity index (χ0n) is 11.5. The van der Waals surface area contributed by atoms with Crippen LogP contribution in [0, 0.1) is 6.92 Å². The van der Waals surface area contributed by atoms with Gasteiger partial charge in [0.05, 0.1) is 0 Å². The Morgan fingerprint density at radius 3 is 2.95 bits per heavy atom. The van der Waals surface area contributed by atoms with Gasteiger partial charge in [-0.1, -0.05) is 18.2 Å². The van der Waals surface area contributed by atoms with Crippen LogP contribution in [0.5, 0.6) is 5.75 Å².